The quantitative estimate of drug-likeness (QED) is 0.100. The highest BCUT2D eigenvalue weighted by Crippen LogP contribution is 2.38. The first-order valence-electron chi connectivity index (χ1n) is 21.8. The molecule has 0 aromatic carbocycles. The summed E-state index contributed by atoms with van der Waals surface area (Å²) in [4.78, 5) is 0. The topological polar surface area (TPSA) is 490 Å². The van der Waals surface area contributed by atoms with Crippen LogP contribution in [0.1, 0.15) is 0 Å². The molecule has 12 bridgehead atoms. The van der Waals surface area contributed by atoms with Crippen molar-refractivity contribution in [3.8, 4) is 0 Å². The van der Waals surface area contributed by atoms with E-state index in [1.807, 2.05) is 0 Å². The third kappa shape index (κ3) is 10.6. The van der Waals surface area contributed by atoms with Gasteiger partial charge in [0, 0.05) is 0 Å². The lowest BCUT2D eigenvalue weighted by molar-refractivity contribution is -0.404. The van der Waals surface area contributed by atoms with Gasteiger partial charge in [0.2, 0.25) is 0 Å². The molecular weight excluding hydrogens is 938 g/mol. The van der Waals surface area contributed by atoms with Crippen LogP contribution in [0, 0.1) is 0 Å². The molecule has 0 amide bonds. The summed E-state index contributed by atoms with van der Waals surface area (Å²) in [5.74, 6) is 0. The average molecular weight is 1000 g/mol. The lowest BCUT2D eigenvalue weighted by Gasteiger charge is -2.51. The van der Waals surface area contributed by atoms with Crippen molar-refractivity contribution < 1.29 is 148 Å². The fourth-order valence-electron chi connectivity index (χ4n) is 9.21. The minimum Gasteiger partial charge on any atom is -0.394 e. The molecule has 0 saturated carbocycles. The Balaban J connectivity index is 1.21. The summed E-state index contributed by atoms with van der Waals surface area (Å²) in [6.45, 7) is -6.54. The van der Waals surface area contributed by atoms with Crippen molar-refractivity contribution in [1.29, 1.82) is 0 Å². The van der Waals surface area contributed by atoms with Gasteiger partial charge in [-0.2, -0.15) is 0 Å². The molecule has 22 fully saturated rings. The standard InChI is InChI=1S/C37H63NO30/c38-7-56-31-24(55)37-62-13(6-44)30(31)68-36-23(54)18(49)28(11(4-42)61-36)66-34-21(52)16(47)26(9(2-40)59-34)64-32-19(50)14(45)25(8(1-39)57-32)63-33-20(51)15(46)27(10(3-41)58-33)65-35-22(53)17(48)29(67-37)12(5-43)60-35/h8-37,39-55H,1-7,38H2/t8-,9-,10-,11-,12-,13-,14-,15-,16-,17-,18-,19-,20-,21-,22-,23-,24-,25-,26-,27-,28-,29-,30+,31-,32-,33-,34-,35-,36-,37-/m1/s1. The molecule has 22 rings (SSSR count). The van der Waals surface area contributed by atoms with Gasteiger partial charge in [-0.1, -0.05) is 0 Å². The summed E-state index contributed by atoms with van der Waals surface area (Å²) < 4.78 is 74.3. The van der Waals surface area contributed by atoms with Gasteiger partial charge in [0.25, 0.3) is 0 Å². The van der Waals surface area contributed by atoms with Crippen LogP contribution < -0.4 is 5.73 Å². The molecule has 0 aliphatic carbocycles. The van der Waals surface area contributed by atoms with Crippen LogP contribution in [0.4, 0.5) is 0 Å². The summed E-state index contributed by atoms with van der Waals surface area (Å²) in [5, 5.41) is 186. The van der Waals surface area contributed by atoms with Gasteiger partial charge < -0.3 is 154 Å². The third-order valence-corrected chi connectivity index (χ3v) is 12.9. The largest absolute Gasteiger partial charge is 0.394 e. The Morgan fingerprint density at radius 3 is 0.662 bits per heavy atom. The maximum absolute atomic E-state index is 11.5. The van der Waals surface area contributed by atoms with Crippen molar-refractivity contribution in [1.82, 2.24) is 0 Å². The van der Waals surface area contributed by atoms with E-state index in [1.165, 1.54) is 0 Å². The highest BCUT2D eigenvalue weighted by molar-refractivity contribution is 5.01. The molecule has 31 nitrogen and oxygen atoms in total. The number of hydrogen-bond acceptors (Lipinski definition) is 31. The van der Waals surface area contributed by atoms with Crippen molar-refractivity contribution in [3.63, 3.8) is 0 Å². The Kier molecular flexibility index (Phi) is 18.7. The summed E-state index contributed by atoms with van der Waals surface area (Å²) >= 11 is 0. The third-order valence-electron chi connectivity index (χ3n) is 12.9. The molecule has 22 heterocycles. The van der Waals surface area contributed by atoms with Crippen molar-refractivity contribution in [3.05, 3.63) is 0 Å². The zero-order chi connectivity index (χ0) is 49.5. The first kappa shape index (κ1) is 54.5. The summed E-state index contributed by atoms with van der Waals surface area (Å²) in [5.41, 5.74) is 5.66. The maximum atomic E-state index is 11.5. The Morgan fingerprint density at radius 1 is 0.265 bits per heavy atom. The smallest absolute Gasteiger partial charge is 0.187 e. The minimum absolute atomic E-state index is 0.631. The lowest BCUT2D eigenvalue weighted by atomic mass is 9.94. The van der Waals surface area contributed by atoms with Crippen LogP contribution in [0.15, 0.2) is 0 Å². The second-order valence-electron chi connectivity index (χ2n) is 17.2. The number of hydrogen-bond donors (Lipinski definition) is 18. The Bertz CT molecular complexity index is 1550. The molecule has 0 aromatic heterocycles. The van der Waals surface area contributed by atoms with Gasteiger partial charge in [0.1, 0.15) is 146 Å². The van der Waals surface area contributed by atoms with E-state index in [0.29, 0.717) is 0 Å². The van der Waals surface area contributed by atoms with Crippen LogP contribution in [0.25, 0.3) is 0 Å². The number of rotatable bonds is 8. The van der Waals surface area contributed by atoms with Gasteiger partial charge in [-0.25, -0.2) is 0 Å². The van der Waals surface area contributed by atoms with E-state index < -0.39 is 231 Å². The predicted octanol–water partition coefficient (Wildman–Crippen LogP) is -13.1. The monoisotopic (exact) mass is 1000 g/mol. The van der Waals surface area contributed by atoms with Gasteiger partial charge in [0.05, 0.1) is 46.4 Å². The Hall–Kier alpha value is -1.24. The molecule has 22 aliphatic heterocycles. The van der Waals surface area contributed by atoms with Crippen LogP contribution in [0.3, 0.4) is 0 Å². The molecule has 68 heavy (non-hydrogen) atoms. The van der Waals surface area contributed by atoms with Crippen LogP contribution in [-0.4, -0.2) is 317 Å². The van der Waals surface area contributed by atoms with E-state index in [2.05, 4.69) is 0 Å². The highest BCUT2D eigenvalue weighted by atomic mass is 16.8. The molecule has 19 N–H and O–H groups in total. The summed E-state index contributed by atoms with van der Waals surface area (Å²) in [7, 11) is 0. The molecule has 0 aromatic rings. The van der Waals surface area contributed by atoms with Gasteiger partial charge >= 0.3 is 0 Å². The molecule has 0 radical (unpaired) electrons. The fraction of sp³-hybridized carbons (Fsp3) is 1.00. The number of aliphatic hydroxyl groups excluding tert-OH is 17. The van der Waals surface area contributed by atoms with Gasteiger partial charge in [0.15, 0.2) is 37.7 Å². The van der Waals surface area contributed by atoms with Crippen LogP contribution >= 0.6 is 0 Å². The molecule has 30 atom stereocenters. The second kappa shape index (κ2) is 23.3. The zero-order valence-corrected chi connectivity index (χ0v) is 35.8. The zero-order valence-electron chi connectivity index (χ0n) is 35.8. The van der Waals surface area contributed by atoms with Gasteiger partial charge in [-0.15, -0.1) is 0 Å². The first-order chi connectivity index (χ1) is 32.5. The lowest BCUT2D eigenvalue weighted by Crippen LogP contribution is -2.69. The number of nitrogens with two attached hydrogens (primary N) is 1. The van der Waals surface area contributed by atoms with Crippen LogP contribution in [-0.2, 0) is 61.6 Å². The van der Waals surface area contributed by atoms with E-state index in [4.69, 9.17) is 67.3 Å². The summed E-state index contributed by atoms with van der Waals surface area (Å²) in [6, 6.07) is 0. The van der Waals surface area contributed by atoms with E-state index in [1.54, 1.807) is 0 Å². The van der Waals surface area contributed by atoms with Crippen molar-refractivity contribution in [2.75, 3.05) is 46.4 Å². The molecule has 31 heteroatoms. The van der Waals surface area contributed by atoms with Crippen LogP contribution in [0.2, 0.25) is 0 Å². The van der Waals surface area contributed by atoms with E-state index in [-0.39, 0.29) is 0 Å². The Morgan fingerprint density at radius 2 is 0.456 bits per heavy atom. The SMILES string of the molecule is NCO[C@@H]1[C@@H](O)[C@H]2O[C@H]3[C@H](O)[C@@H](O)[C@@H](O[C@H]4[C@H](O)[C@@H](O)[C@@H](O[C@H]5[C@H](O)[C@@H](O)[C@@H](O[C@H]6[C@H](O)[C@@H](O)[C@@H](O[C@H]7[C@H](O)[C@@H](O)[C@@H](O[C@H]1[C@@H](CO)O2)O[C@@H]7CO)O[C@@H]6CO)O[C@@H]5CO)O[C@@H]4CO)O[C@@H]3CO. The molecule has 0 spiro atoms. The predicted molar refractivity (Wildman–Crippen MR) is 204 cm³/mol. The fourth-order valence-corrected chi connectivity index (χ4v) is 9.21. The molecule has 22 saturated heterocycles. The average Bonchev–Trinajstić information content (AvgIpc) is 3.33. The number of aliphatic hydroxyl groups is 17. The normalized spacial score (nSPS) is 54.1. The Labute approximate surface area is 384 Å². The number of ether oxygens (including phenoxy) is 13. The van der Waals surface area contributed by atoms with Gasteiger partial charge in [-0.05, 0) is 0 Å². The van der Waals surface area contributed by atoms with Crippen LogP contribution in [0.5, 0.6) is 0 Å². The molecule has 22 aliphatic rings. The van der Waals surface area contributed by atoms with Crippen molar-refractivity contribution >= 4 is 0 Å². The maximum Gasteiger partial charge on any atom is 0.187 e. The van der Waals surface area contributed by atoms with E-state index in [9.17, 15) is 86.8 Å². The highest BCUT2D eigenvalue weighted by Gasteiger charge is 2.59. The molecule has 396 valence electrons. The molecular formula is C37H63NO30. The van der Waals surface area contributed by atoms with Crippen molar-refractivity contribution in [2.24, 2.45) is 5.73 Å². The van der Waals surface area contributed by atoms with Gasteiger partial charge in [-0.3, -0.25) is 0 Å². The first-order valence-corrected chi connectivity index (χ1v) is 21.8. The van der Waals surface area contributed by atoms with Crippen molar-refractivity contribution in [2.45, 2.75) is 184 Å². The van der Waals surface area contributed by atoms with E-state index >= 15 is 0 Å². The second-order valence-corrected chi connectivity index (χ2v) is 17.2. The molecule has 0 unspecified atom stereocenters. The minimum atomic E-state index is -2.15. The summed E-state index contributed by atoms with van der Waals surface area (Å²) in [6.07, 6.45) is -57.4. The van der Waals surface area contributed by atoms with E-state index in [0.717, 1.165) is 0 Å².